The van der Waals surface area contributed by atoms with Gasteiger partial charge in [-0.25, -0.2) is 0 Å². The molecular formula is C22H28N2O. The SMILES string of the molecule is CCCCCC(=O)N1c2ccccc2[C@@H](Nc2ccccc2)C[C@H]1C. The number of carbonyl (C=O) groups is 1. The lowest BCUT2D eigenvalue weighted by molar-refractivity contribution is -0.119. The van der Waals surface area contributed by atoms with Crippen LogP contribution in [0.1, 0.15) is 57.6 Å². The molecule has 1 aliphatic rings. The maximum absolute atomic E-state index is 12.8. The lowest BCUT2D eigenvalue weighted by Gasteiger charge is -2.40. The number of para-hydroxylation sites is 2. The van der Waals surface area contributed by atoms with Crippen molar-refractivity contribution in [2.24, 2.45) is 0 Å². The van der Waals surface area contributed by atoms with E-state index in [4.69, 9.17) is 0 Å². The van der Waals surface area contributed by atoms with Crippen LogP contribution in [-0.4, -0.2) is 11.9 Å². The number of hydrogen-bond acceptors (Lipinski definition) is 2. The van der Waals surface area contributed by atoms with Crippen LogP contribution in [0.15, 0.2) is 54.6 Å². The van der Waals surface area contributed by atoms with E-state index in [0.29, 0.717) is 6.42 Å². The van der Waals surface area contributed by atoms with E-state index >= 15 is 0 Å². The third-order valence-corrected chi connectivity index (χ3v) is 4.97. The Bertz CT molecular complexity index is 698. The van der Waals surface area contributed by atoms with Crippen molar-refractivity contribution >= 4 is 17.3 Å². The van der Waals surface area contributed by atoms with Gasteiger partial charge >= 0.3 is 0 Å². The highest BCUT2D eigenvalue weighted by molar-refractivity contribution is 5.95. The Morgan fingerprint density at radius 2 is 1.80 bits per heavy atom. The van der Waals surface area contributed by atoms with Crippen molar-refractivity contribution in [2.75, 3.05) is 10.2 Å². The molecule has 0 aromatic heterocycles. The zero-order valence-corrected chi connectivity index (χ0v) is 15.2. The van der Waals surface area contributed by atoms with E-state index in [-0.39, 0.29) is 18.0 Å². The first-order valence-corrected chi connectivity index (χ1v) is 9.43. The molecule has 1 aliphatic heterocycles. The van der Waals surface area contributed by atoms with Crippen LogP contribution >= 0.6 is 0 Å². The summed E-state index contributed by atoms with van der Waals surface area (Å²) >= 11 is 0. The fourth-order valence-electron chi connectivity index (χ4n) is 3.71. The van der Waals surface area contributed by atoms with Crippen LogP contribution in [0.2, 0.25) is 0 Å². The van der Waals surface area contributed by atoms with E-state index in [0.717, 1.165) is 37.1 Å². The van der Waals surface area contributed by atoms with Crippen molar-refractivity contribution in [3.8, 4) is 0 Å². The molecule has 1 amide bonds. The summed E-state index contributed by atoms with van der Waals surface area (Å²) in [5.74, 6) is 0.256. The summed E-state index contributed by atoms with van der Waals surface area (Å²) in [4.78, 5) is 14.8. The second-order valence-electron chi connectivity index (χ2n) is 6.93. The van der Waals surface area contributed by atoms with Crippen molar-refractivity contribution in [3.05, 3.63) is 60.2 Å². The molecule has 0 saturated carbocycles. The van der Waals surface area contributed by atoms with Gasteiger partial charge in [-0.05, 0) is 43.5 Å². The predicted molar refractivity (Wildman–Crippen MR) is 105 cm³/mol. The van der Waals surface area contributed by atoms with E-state index in [1.54, 1.807) is 0 Å². The van der Waals surface area contributed by atoms with Crippen LogP contribution in [0.3, 0.4) is 0 Å². The molecule has 0 fully saturated rings. The summed E-state index contributed by atoms with van der Waals surface area (Å²) in [5, 5.41) is 3.64. The molecule has 0 radical (unpaired) electrons. The van der Waals surface area contributed by atoms with Crippen LogP contribution < -0.4 is 10.2 Å². The smallest absolute Gasteiger partial charge is 0.227 e. The highest BCUT2D eigenvalue weighted by Crippen LogP contribution is 2.39. The molecule has 0 spiro atoms. The molecule has 132 valence electrons. The second kappa shape index (κ2) is 8.19. The van der Waals surface area contributed by atoms with Crippen molar-refractivity contribution < 1.29 is 4.79 Å². The summed E-state index contributed by atoms with van der Waals surface area (Å²) in [6, 6.07) is 19.1. The van der Waals surface area contributed by atoms with E-state index < -0.39 is 0 Å². The van der Waals surface area contributed by atoms with Crippen LogP contribution in [-0.2, 0) is 4.79 Å². The number of nitrogens with zero attached hydrogens (tertiary/aromatic N) is 1. The van der Waals surface area contributed by atoms with Crippen molar-refractivity contribution in [3.63, 3.8) is 0 Å². The van der Waals surface area contributed by atoms with Crippen LogP contribution in [0.4, 0.5) is 11.4 Å². The van der Waals surface area contributed by atoms with Gasteiger partial charge in [-0.15, -0.1) is 0 Å². The van der Waals surface area contributed by atoms with Gasteiger partial charge < -0.3 is 10.2 Å². The number of fused-ring (bicyclic) bond motifs is 1. The van der Waals surface area contributed by atoms with Gasteiger partial charge in [-0.1, -0.05) is 56.2 Å². The molecule has 0 unspecified atom stereocenters. The van der Waals surface area contributed by atoms with E-state index in [9.17, 15) is 4.79 Å². The summed E-state index contributed by atoms with van der Waals surface area (Å²) in [6.45, 7) is 4.33. The summed E-state index contributed by atoms with van der Waals surface area (Å²) in [7, 11) is 0. The normalized spacial score (nSPS) is 19.4. The van der Waals surface area contributed by atoms with Gasteiger partial charge in [0.1, 0.15) is 0 Å². The number of benzene rings is 2. The number of unbranched alkanes of at least 4 members (excludes halogenated alkanes) is 2. The first kappa shape index (κ1) is 17.5. The molecule has 3 rings (SSSR count). The highest BCUT2D eigenvalue weighted by Gasteiger charge is 2.33. The first-order chi connectivity index (χ1) is 12.2. The summed E-state index contributed by atoms with van der Waals surface area (Å²) in [5.41, 5.74) is 3.40. The Morgan fingerprint density at radius 3 is 2.56 bits per heavy atom. The molecule has 0 aliphatic carbocycles. The Hall–Kier alpha value is -2.29. The number of amides is 1. The number of rotatable bonds is 6. The average molecular weight is 336 g/mol. The number of anilines is 2. The Kier molecular flexibility index (Phi) is 5.75. The standard InChI is InChI=1S/C22H28N2O/c1-3-4-6-15-22(25)24-17(2)16-20(19-13-9-10-14-21(19)24)23-18-11-7-5-8-12-18/h5,7-14,17,20,23H,3-4,6,15-16H2,1-2H3/t17-,20+/m1/s1. The van der Waals surface area contributed by atoms with Gasteiger partial charge in [0.25, 0.3) is 0 Å². The molecule has 2 aromatic rings. The molecule has 2 aromatic carbocycles. The van der Waals surface area contributed by atoms with Gasteiger partial charge in [0.05, 0.1) is 6.04 Å². The van der Waals surface area contributed by atoms with E-state index in [1.165, 1.54) is 5.56 Å². The van der Waals surface area contributed by atoms with Crippen LogP contribution in [0.25, 0.3) is 0 Å². The zero-order chi connectivity index (χ0) is 17.6. The maximum Gasteiger partial charge on any atom is 0.227 e. The monoisotopic (exact) mass is 336 g/mol. The third-order valence-electron chi connectivity index (χ3n) is 4.97. The maximum atomic E-state index is 12.8. The molecule has 0 saturated heterocycles. The fraction of sp³-hybridized carbons (Fsp3) is 0.409. The third kappa shape index (κ3) is 4.04. The average Bonchev–Trinajstić information content (AvgIpc) is 2.63. The molecule has 25 heavy (non-hydrogen) atoms. The van der Waals surface area contributed by atoms with E-state index in [2.05, 4.69) is 49.5 Å². The quantitative estimate of drug-likeness (QED) is 0.702. The van der Waals surface area contributed by atoms with Gasteiger partial charge in [0.2, 0.25) is 5.91 Å². The minimum absolute atomic E-state index is 0.199. The Balaban J connectivity index is 1.83. The van der Waals surface area contributed by atoms with E-state index in [1.807, 2.05) is 29.2 Å². The van der Waals surface area contributed by atoms with Crippen molar-refractivity contribution in [1.29, 1.82) is 0 Å². The number of hydrogen-bond donors (Lipinski definition) is 1. The Labute approximate surface area is 151 Å². The topological polar surface area (TPSA) is 32.3 Å². The van der Waals surface area contributed by atoms with Gasteiger partial charge in [-0.2, -0.15) is 0 Å². The fourth-order valence-corrected chi connectivity index (χ4v) is 3.71. The van der Waals surface area contributed by atoms with Crippen molar-refractivity contribution in [2.45, 2.75) is 58.0 Å². The molecular weight excluding hydrogens is 308 g/mol. The minimum atomic E-state index is 0.199. The summed E-state index contributed by atoms with van der Waals surface area (Å²) in [6.07, 6.45) is 4.80. The van der Waals surface area contributed by atoms with Crippen molar-refractivity contribution in [1.82, 2.24) is 0 Å². The molecule has 1 heterocycles. The minimum Gasteiger partial charge on any atom is -0.378 e. The molecule has 1 N–H and O–H groups in total. The lowest BCUT2D eigenvalue weighted by atomic mass is 9.91. The van der Waals surface area contributed by atoms with Crippen LogP contribution in [0.5, 0.6) is 0 Å². The zero-order valence-electron chi connectivity index (χ0n) is 15.2. The largest absolute Gasteiger partial charge is 0.378 e. The predicted octanol–water partition coefficient (Wildman–Crippen LogP) is 5.55. The number of carbonyl (C=O) groups excluding carboxylic acids is 1. The summed E-state index contributed by atoms with van der Waals surface area (Å²) < 4.78 is 0. The molecule has 3 nitrogen and oxygen atoms in total. The highest BCUT2D eigenvalue weighted by atomic mass is 16.2. The first-order valence-electron chi connectivity index (χ1n) is 9.43. The van der Waals surface area contributed by atoms with Crippen LogP contribution in [0, 0.1) is 0 Å². The van der Waals surface area contributed by atoms with Gasteiger partial charge in [0.15, 0.2) is 0 Å². The second-order valence-corrected chi connectivity index (χ2v) is 6.93. The number of nitrogens with one attached hydrogen (secondary N) is 1. The molecule has 3 heteroatoms. The molecule has 2 atom stereocenters. The lowest BCUT2D eigenvalue weighted by Crippen LogP contribution is -2.44. The van der Waals surface area contributed by atoms with Gasteiger partial charge in [-0.3, -0.25) is 4.79 Å². The van der Waals surface area contributed by atoms with Gasteiger partial charge in [0, 0.05) is 23.8 Å². The Morgan fingerprint density at radius 1 is 1.08 bits per heavy atom. The molecule has 0 bridgehead atoms.